The fraction of sp³-hybridized carbons (Fsp3) is 0.370. The minimum atomic E-state index is -4.79. The van der Waals surface area contributed by atoms with Crippen LogP contribution in [0.5, 0.6) is 0 Å². The molecule has 0 spiro atoms. The minimum Gasteiger partial charge on any atom is -0.366 e. The van der Waals surface area contributed by atoms with E-state index in [1.165, 1.54) is 38.1 Å². The molecule has 0 radical (unpaired) electrons. The van der Waals surface area contributed by atoms with Gasteiger partial charge >= 0.3 is 6.18 Å². The first-order valence-electron chi connectivity index (χ1n) is 11.6. The topological polar surface area (TPSA) is 108 Å². The molecule has 2 aromatic rings. The highest BCUT2D eigenvalue weighted by molar-refractivity contribution is 6.17. The molecule has 2 amide bonds. The molecular weight excluding hydrogens is 488 g/mol. The number of hydrogen-bond acceptors (Lipinski definition) is 4. The molecule has 2 aromatic carbocycles. The SMILES string of the molecule is C=C(C(N)=O)c1ccc(-c2ccc([C@H](N[C@@H](CC(C)(C)F)C(=O)NC3(C#N)CC3)C(F)(F)F)cc2)cc1. The molecule has 10 heteroatoms. The third kappa shape index (κ3) is 7.17. The standard InChI is InChI=1S/C27H28F4N4O2/c1-16(23(33)36)17-4-6-18(7-5-17)19-8-10-20(11-9-19)22(27(29,30)31)34-21(14-25(2,3)28)24(37)35-26(15-32)12-13-26/h4-11,21-22,34H,1,12-14H2,2-3H3,(H2,33,36)(H,35,37)/t21-,22-/m0/s1. The largest absolute Gasteiger partial charge is 0.407 e. The van der Waals surface area contributed by atoms with Gasteiger partial charge in [0.25, 0.3) is 0 Å². The van der Waals surface area contributed by atoms with E-state index < -0.39 is 47.7 Å². The summed E-state index contributed by atoms with van der Waals surface area (Å²) in [5.41, 5.74) is 3.99. The van der Waals surface area contributed by atoms with Crippen LogP contribution in [-0.2, 0) is 9.59 Å². The van der Waals surface area contributed by atoms with Crippen LogP contribution in [0, 0.1) is 11.3 Å². The summed E-state index contributed by atoms with van der Waals surface area (Å²) in [7, 11) is 0. The molecule has 0 bridgehead atoms. The first kappa shape index (κ1) is 27.9. The number of rotatable bonds is 10. The maximum absolute atomic E-state index is 14.4. The number of carbonyl (C=O) groups excluding carboxylic acids is 2. The number of hydrogen-bond donors (Lipinski definition) is 3. The van der Waals surface area contributed by atoms with Crippen molar-refractivity contribution in [2.24, 2.45) is 5.73 Å². The quantitative estimate of drug-likeness (QED) is 0.314. The number of benzene rings is 2. The van der Waals surface area contributed by atoms with E-state index in [1.807, 2.05) is 6.07 Å². The van der Waals surface area contributed by atoms with Gasteiger partial charge in [-0.25, -0.2) is 4.39 Å². The molecule has 196 valence electrons. The second kappa shape index (κ2) is 10.3. The van der Waals surface area contributed by atoms with Gasteiger partial charge in [-0.2, -0.15) is 18.4 Å². The average molecular weight is 517 g/mol. The summed E-state index contributed by atoms with van der Waals surface area (Å²) in [6.45, 7) is 5.96. The molecule has 0 aliphatic heterocycles. The molecule has 0 saturated heterocycles. The first-order valence-corrected chi connectivity index (χ1v) is 11.6. The first-order chi connectivity index (χ1) is 17.1. The van der Waals surface area contributed by atoms with Gasteiger partial charge in [0.15, 0.2) is 0 Å². The Hall–Kier alpha value is -3.71. The molecule has 37 heavy (non-hydrogen) atoms. The molecule has 3 rings (SSSR count). The predicted molar refractivity (Wildman–Crippen MR) is 131 cm³/mol. The van der Waals surface area contributed by atoms with E-state index in [4.69, 9.17) is 5.73 Å². The summed E-state index contributed by atoms with van der Waals surface area (Å²) >= 11 is 0. The Morgan fingerprint density at radius 2 is 1.57 bits per heavy atom. The van der Waals surface area contributed by atoms with E-state index in [0.717, 1.165) is 0 Å². The molecule has 4 N–H and O–H groups in total. The van der Waals surface area contributed by atoms with E-state index in [0.29, 0.717) is 29.5 Å². The lowest BCUT2D eigenvalue weighted by Crippen LogP contribution is -2.53. The van der Waals surface area contributed by atoms with Crippen LogP contribution in [0.1, 0.15) is 50.3 Å². The summed E-state index contributed by atoms with van der Waals surface area (Å²) in [6.07, 6.45) is -4.52. The van der Waals surface area contributed by atoms with Crippen molar-refractivity contribution in [2.75, 3.05) is 0 Å². The number of alkyl halides is 4. The Kier molecular flexibility index (Phi) is 7.79. The number of amides is 2. The van der Waals surface area contributed by atoms with E-state index in [2.05, 4.69) is 17.2 Å². The molecule has 0 heterocycles. The second-order valence-electron chi connectivity index (χ2n) is 9.84. The van der Waals surface area contributed by atoms with Crippen molar-refractivity contribution in [3.05, 3.63) is 66.2 Å². The van der Waals surface area contributed by atoms with Crippen molar-refractivity contribution in [3.63, 3.8) is 0 Å². The van der Waals surface area contributed by atoms with Crippen LogP contribution in [0.4, 0.5) is 17.6 Å². The Morgan fingerprint density at radius 3 is 1.97 bits per heavy atom. The summed E-state index contributed by atoms with van der Waals surface area (Å²) in [5, 5.41) is 14.0. The third-order valence-corrected chi connectivity index (χ3v) is 6.14. The minimum absolute atomic E-state index is 0.137. The molecule has 1 fully saturated rings. The molecular formula is C27H28F4N4O2. The maximum atomic E-state index is 14.4. The van der Waals surface area contributed by atoms with Crippen LogP contribution in [0.3, 0.4) is 0 Å². The molecule has 0 aromatic heterocycles. The fourth-order valence-electron chi connectivity index (χ4n) is 3.88. The number of carbonyl (C=O) groups is 2. The van der Waals surface area contributed by atoms with Crippen molar-refractivity contribution in [1.29, 1.82) is 5.26 Å². The Morgan fingerprint density at radius 1 is 1.05 bits per heavy atom. The van der Waals surface area contributed by atoms with Crippen LogP contribution in [-0.4, -0.2) is 35.2 Å². The van der Waals surface area contributed by atoms with E-state index in [-0.39, 0.29) is 11.1 Å². The zero-order chi connectivity index (χ0) is 27.6. The zero-order valence-electron chi connectivity index (χ0n) is 20.5. The molecule has 2 atom stereocenters. The summed E-state index contributed by atoms with van der Waals surface area (Å²) in [4.78, 5) is 24.1. The van der Waals surface area contributed by atoms with Crippen LogP contribution < -0.4 is 16.4 Å². The number of primary amides is 1. The lowest BCUT2D eigenvalue weighted by Gasteiger charge is -2.30. The van der Waals surface area contributed by atoms with Gasteiger partial charge in [0, 0.05) is 12.0 Å². The number of nitriles is 1. The van der Waals surface area contributed by atoms with E-state index in [1.54, 1.807) is 24.3 Å². The second-order valence-corrected chi connectivity index (χ2v) is 9.84. The molecule has 1 aliphatic carbocycles. The molecule has 1 aliphatic rings. The Bertz CT molecular complexity index is 1210. The summed E-state index contributed by atoms with van der Waals surface area (Å²) < 4.78 is 56.7. The number of nitrogens with zero attached hydrogens (tertiary/aromatic N) is 1. The van der Waals surface area contributed by atoms with Gasteiger partial charge in [-0.3, -0.25) is 14.9 Å². The van der Waals surface area contributed by atoms with Gasteiger partial charge in [-0.05, 0) is 48.9 Å². The third-order valence-electron chi connectivity index (χ3n) is 6.14. The van der Waals surface area contributed by atoms with Crippen LogP contribution >= 0.6 is 0 Å². The van der Waals surface area contributed by atoms with Crippen molar-refractivity contribution in [2.45, 2.75) is 62.6 Å². The highest BCUT2D eigenvalue weighted by Crippen LogP contribution is 2.37. The van der Waals surface area contributed by atoms with Gasteiger partial charge in [0.05, 0.1) is 12.1 Å². The van der Waals surface area contributed by atoms with Crippen LogP contribution in [0.25, 0.3) is 16.7 Å². The maximum Gasteiger partial charge on any atom is 0.407 e. The van der Waals surface area contributed by atoms with Crippen molar-refractivity contribution >= 4 is 17.4 Å². The van der Waals surface area contributed by atoms with Gasteiger partial charge in [0.1, 0.15) is 17.2 Å². The summed E-state index contributed by atoms with van der Waals surface area (Å²) in [6, 6.07) is 10.4. The van der Waals surface area contributed by atoms with E-state index >= 15 is 0 Å². The fourth-order valence-corrected chi connectivity index (χ4v) is 3.88. The normalized spacial score (nSPS) is 16.2. The van der Waals surface area contributed by atoms with Crippen molar-refractivity contribution < 1.29 is 27.2 Å². The van der Waals surface area contributed by atoms with E-state index in [9.17, 15) is 32.4 Å². The molecule has 6 nitrogen and oxygen atoms in total. The lowest BCUT2D eigenvalue weighted by atomic mass is 9.96. The van der Waals surface area contributed by atoms with Gasteiger partial charge in [-0.15, -0.1) is 0 Å². The highest BCUT2D eigenvalue weighted by Gasteiger charge is 2.48. The number of nitrogens with two attached hydrogens (primary N) is 1. The monoisotopic (exact) mass is 516 g/mol. The smallest absolute Gasteiger partial charge is 0.366 e. The zero-order valence-corrected chi connectivity index (χ0v) is 20.5. The molecule has 1 saturated carbocycles. The van der Waals surface area contributed by atoms with Gasteiger partial charge in [0.2, 0.25) is 11.8 Å². The van der Waals surface area contributed by atoms with Crippen molar-refractivity contribution in [1.82, 2.24) is 10.6 Å². The van der Waals surface area contributed by atoms with Crippen molar-refractivity contribution in [3.8, 4) is 17.2 Å². The average Bonchev–Trinajstić information content (AvgIpc) is 3.59. The van der Waals surface area contributed by atoms with Gasteiger partial charge in [-0.1, -0.05) is 55.1 Å². The number of nitrogens with one attached hydrogen (secondary N) is 2. The van der Waals surface area contributed by atoms with Gasteiger partial charge < -0.3 is 11.1 Å². The number of halogens is 4. The molecule has 0 unspecified atom stereocenters. The summed E-state index contributed by atoms with van der Waals surface area (Å²) in [5.74, 6) is -1.51. The highest BCUT2D eigenvalue weighted by atomic mass is 19.4. The Labute approximate surface area is 212 Å². The Balaban J connectivity index is 1.85. The lowest BCUT2D eigenvalue weighted by molar-refractivity contribution is -0.161. The van der Waals surface area contributed by atoms with Crippen LogP contribution in [0.2, 0.25) is 0 Å². The predicted octanol–water partition coefficient (Wildman–Crippen LogP) is 4.72. The van der Waals surface area contributed by atoms with Crippen LogP contribution in [0.15, 0.2) is 55.1 Å².